The Morgan fingerprint density at radius 1 is 1.10 bits per heavy atom. The highest BCUT2D eigenvalue weighted by Gasteiger charge is 2.41. The van der Waals surface area contributed by atoms with Crippen molar-refractivity contribution in [1.29, 1.82) is 0 Å². The van der Waals surface area contributed by atoms with E-state index >= 15 is 0 Å². The number of aromatic nitrogens is 7. The van der Waals surface area contributed by atoms with Gasteiger partial charge in [-0.3, -0.25) is 14.5 Å². The van der Waals surface area contributed by atoms with Gasteiger partial charge in [0.2, 0.25) is 11.8 Å². The summed E-state index contributed by atoms with van der Waals surface area (Å²) in [7, 11) is 0. The van der Waals surface area contributed by atoms with Gasteiger partial charge in [-0.05, 0) is 59.3 Å². The second-order valence-electron chi connectivity index (χ2n) is 9.35. The van der Waals surface area contributed by atoms with E-state index in [1.165, 1.54) is 17.1 Å². The summed E-state index contributed by atoms with van der Waals surface area (Å²) in [5.41, 5.74) is 3.25. The molecule has 2 unspecified atom stereocenters. The van der Waals surface area contributed by atoms with E-state index in [0.717, 1.165) is 13.1 Å². The van der Waals surface area contributed by atoms with Gasteiger partial charge in [0.05, 0.1) is 18.9 Å². The molecule has 0 spiro atoms. The average Bonchev–Trinajstić information content (AvgIpc) is 3.73. The summed E-state index contributed by atoms with van der Waals surface area (Å²) in [6, 6.07) is 9.91. The lowest BCUT2D eigenvalue weighted by Gasteiger charge is -2.31. The number of ether oxygens (including phenoxy) is 1. The number of nitrogens with zero attached hydrogens (tertiary/aromatic N) is 8. The summed E-state index contributed by atoms with van der Waals surface area (Å²) in [6.45, 7) is 3.22. The minimum Gasteiger partial charge on any atom is -0.379 e. The number of likely N-dealkylation sites (tertiary alicyclic amines) is 1. The maximum atomic E-state index is 13.6. The van der Waals surface area contributed by atoms with Gasteiger partial charge in [0.15, 0.2) is 0 Å². The number of tetrazole rings is 1. The molecule has 2 amide bonds. The number of hydrogen-bond donors (Lipinski definition) is 2. The molecule has 2 N–H and O–H groups in total. The standard InChI is InChI=1S/C25H25ClN10O3/c26-17-2-5-22(36-15-27-31-33-36)16(11-17)1-6-24(37)35-14-19(34-7-9-39-10-8-34)13-23(35)25(38)28-18-3-4-20-21(12-18)30-32-29-20/h1-6,11-12,15,19,23H,7-10,13-14H2,(H,28,38)(H,29,30,32)/b6-1+. The minimum atomic E-state index is -0.652. The molecule has 6 rings (SSSR count). The van der Waals surface area contributed by atoms with Crippen molar-refractivity contribution in [2.75, 3.05) is 38.2 Å². The van der Waals surface area contributed by atoms with E-state index in [1.54, 1.807) is 47.4 Å². The highest BCUT2D eigenvalue weighted by atomic mass is 35.5. The molecule has 2 aromatic heterocycles. The van der Waals surface area contributed by atoms with Crippen molar-refractivity contribution >= 4 is 46.2 Å². The smallest absolute Gasteiger partial charge is 0.247 e. The Balaban J connectivity index is 1.24. The van der Waals surface area contributed by atoms with Gasteiger partial charge >= 0.3 is 0 Å². The Bertz CT molecular complexity index is 1520. The molecule has 0 radical (unpaired) electrons. The number of fused-ring (bicyclic) bond motifs is 1. The van der Waals surface area contributed by atoms with Crippen LogP contribution < -0.4 is 5.32 Å². The molecule has 4 heterocycles. The Kier molecular flexibility index (Phi) is 7.00. The van der Waals surface area contributed by atoms with Crippen molar-refractivity contribution in [3.05, 3.63) is 59.4 Å². The van der Waals surface area contributed by atoms with Gasteiger partial charge in [-0.1, -0.05) is 11.6 Å². The lowest BCUT2D eigenvalue weighted by molar-refractivity contribution is -0.132. The molecule has 0 aliphatic carbocycles. The van der Waals surface area contributed by atoms with Crippen LogP contribution in [0, 0.1) is 0 Å². The number of H-pyrrole nitrogens is 1. The number of carbonyl (C=O) groups is 2. The molecule has 4 aromatic rings. The molecular weight excluding hydrogens is 524 g/mol. The van der Waals surface area contributed by atoms with E-state index in [-0.39, 0.29) is 17.9 Å². The van der Waals surface area contributed by atoms with E-state index in [4.69, 9.17) is 16.3 Å². The fourth-order valence-corrected chi connectivity index (χ4v) is 5.23. The monoisotopic (exact) mass is 548 g/mol. The molecule has 2 aliphatic rings. The molecule has 2 fully saturated rings. The number of benzene rings is 2. The fourth-order valence-electron chi connectivity index (χ4n) is 5.05. The molecule has 14 heteroatoms. The number of anilines is 1. The zero-order valence-corrected chi connectivity index (χ0v) is 21.5. The summed E-state index contributed by atoms with van der Waals surface area (Å²) in [5.74, 6) is -0.534. The molecule has 0 saturated carbocycles. The van der Waals surface area contributed by atoms with Crippen LogP contribution in [0.4, 0.5) is 5.69 Å². The van der Waals surface area contributed by atoms with Crippen molar-refractivity contribution in [3.63, 3.8) is 0 Å². The maximum absolute atomic E-state index is 13.6. The first kappa shape index (κ1) is 25.1. The molecule has 2 aromatic carbocycles. The van der Waals surface area contributed by atoms with Crippen molar-refractivity contribution in [1.82, 2.24) is 45.4 Å². The summed E-state index contributed by atoms with van der Waals surface area (Å²) in [4.78, 5) is 31.0. The van der Waals surface area contributed by atoms with Crippen LogP contribution in [0.2, 0.25) is 5.02 Å². The third kappa shape index (κ3) is 5.37. The van der Waals surface area contributed by atoms with Gasteiger partial charge in [-0.2, -0.15) is 20.1 Å². The van der Waals surface area contributed by atoms with Crippen molar-refractivity contribution in [3.8, 4) is 5.69 Å². The third-order valence-electron chi connectivity index (χ3n) is 7.00. The zero-order valence-electron chi connectivity index (χ0n) is 20.8. The lowest BCUT2D eigenvalue weighted by Crippen LogP contribution is -2.45. The van der Waals surface area contributed by atoms with E-state index in [1.807, 2.05) is 0 Å². The number of hydrogen-bond acceptors (Lipinski definition) is 9. The molecular formula is C25H25ClN10O3. The van der Waals surface area contributed by atoms with Crippen LogP contribution >= 0.6 is 11.6 Å². The predicted octanol–water partition coefficient (Wildman–Crippen LogP) is 1.54. The normalized spacial score (nSPS) is 20.2. The summed E-state index contributed by atoms with van der Waals surface area (Å²) < 4.78 is 6.99. The Morgan fingerprint density at radius 2 is 1.95 bits per heavy atom. The van der Waals surface area contributed by atoms with Crippen LogP contribution in [-0.2, 0) is 14.3 Å². The summed E-state index contributed by atoms with van der Waals surface area (Å²) >= 11 is 6.23. The molecule has 2 atom stereocenters. The molecule has 13 nitrogen and oxygen atoms in total. The zero-order chi connectivity index (χ0) is 26.8. The molecule has 200 valence electrons. The highest BCUT2D eigenvalue weighted by molar-refractivity contribution is 6.30. The Hall–Kier alpha value is -4.20. The van der Waals surface area contributed by atoms with Gasteiger partial charge in [0.25, 0.3) is 0 Å². The van der Waals surface area contributed by atoms with Gasteiger partial charge in [-0.15, -0.1) is 5.10 Å². The number of nitrogens with one attached hydrogen (secondary N) is 2. The van der Waals surface area contributed by atoms with Crippen molar-refractivity contribution in [2.45, 2.75) is 18.5 Å². The highest BCUT2D eigenvalue weighted by Crippen LogP contribution is 2.26. The van der Waals surface area contributed by atoms with Crippen molar-refractivity contribution in [2.24, 2.45) is 0 Å². The number of halogens is 1. The maximum Gasteiger partial charge on any atom is 0.247 e. The van der Waals surface area contributed by atoms with E-state index < -0.39 is 6.04 Å². The van der Waals surface area contributed by atoms with Crippen molar-refractivity contribution < 1.29 is 14.3 Å². The van der Waals surface area contributed by atoms with E-state index in [0.29, 0.717) is 59.2 Å². The van der Waals surface area contributed by atoms with E-state index in [9.17, 15) is 9.59 Å². The topological polar surface area (TPSA) is 147 Å². The molecule has 39 heavy (non-hydrogen) atoms. The summed E-state index contributed by atoms with van der Waals surface area (Å²) in [5, 5.41) is 25.5. The van der Waals surface area contributed by atoms with Crippen LogP contribution in [-0.4, -0.2) is 102 Å². The molecule has 2 saturated heterocycles. The Labute approximate surface area is 227 Å². The number of amides is 2. The first-order valence-electron chi connectivity index (χ1n) is 12.5. The van der Waals surface area contributed by atoms with Gasteiger partial charge in [0.1, 0.15) is 23.4 Å². The predicted molar refractivity (Wildman–Crippen MR) is 142 cm³/mol. The SMILES string of the molecule is O=C(Nc1ccc2n[nH]nc2c1)C1CC(N2CCOCC2)CN1C(=O)/C=C/c1cc(Cl)ccc1-n1cnnn1. The lowest BCUT2D eigenvalue weighted by atomic mass is 10.1. The summed E-state index contributed by atoms with van der Waals surface area (Å²) in [6.07, 6.45) is 5.11. The van der Waals surface area contributed by atoms with Crippen LogP contribution in [0.1, 0.15) is 12.0 Å². The average molecular weight is 549 g/mol. The number of aromatic amines is 1. The number of morpholine rings is 1. The minimum absolute atomic E-state index is 0.0444. The molecule has 0 bridgehead atoms. The quantitative estimate of drug-likeness (QED) is 0.342. The van der Waals surface area contributed by atoms with Crippen LogP contribution in [0.5, 0.6) is 0 Å². The second-order valence-corrected chi connectivity index (χ2v) is 9.79. The van der Waals surface area contributed by atoms with Gasteiger partial charge < -0.3 is 15.0 Å². The van der Waals surface area contributed by atoms with Crippen LogP contribution in [0.25, 0.3) is 22.8 Å². The first-order chi connectivity index (χ1) is 19.0. The van der Waals surface area contributed by atoms with Crippen LogP contribution in [0.3, 0.4) is 0 Å². The first-order valence-corrected chi connectivity index (χ1v) is 12.9. The number of rotatable bonds is 6. The fraction of sp³-hybridized carbons (Fsp3) is 0.320. The largest absolute Gasteiger partial charge is 0.379 e. The third-order valence-corrected chi connectivity index (χ3v) is 7.24. The second kappa shape index (κ2) is 10.9. The molecule has 2 aliphatic heterocycles. The van der Waals surface area contributed by atoms with Gasteiger partial charge in [-0.25, -0.2) is 0 Å². The van der Waals surface area contributed by atoms with E-state index in [2.05, 4.69) is 41.2 Å². The van der Waals surface area contributed by atoms with Gasteiger partial charge in [0, 0.05) is 48.0 Å². The number of carbonyl (C=O) groups excluding carboxylic acids is 2. The Morgan fingerprint density at radius 3 is 2.77 bits per heavy atom. The van der Waals surface area contributed by atoms with Crippen LogP contribution in [0.15, 0.2) is 48.8 Å².